The van der Waals surface area contributed by atoms with E-state index in [1.807, 2.05) is 0 Å². The van der Waals surface area contributed by atoms with Crippen molar-refractivity contribution < 1.29 is 46.1 Å². The van der Waals surface area contributed by atoms with Crippen LogP contribution in [0.4, 0.5) is 0 Å². The summed E-state index contributed by atoms with van der Waals surface area (Å²) in [5, 5.41) is 0. The zero-order valence-electron chi connectivity index (χ0n) is 27.0. The predicted molar refractivity (Wildman–Crippen MR) is 168 cm³/mol. The Morgan fingerprint density at radius 3 is 1.54 bits per heavy atom. The van der Waals surface area contributed by atoms with Crippen LogP contribution in [0.15, 0.2) is 57.4 Å². The normalized spacial score (nSPS) is 20.7. The molecule has 1 unspecified atom stereocenters. The number of allylic oxidation sites excluding steroid dienone is 8. The van der Waals surface area contributed by atoms with Gasteiger partial charge in [-0.15, -0.1) is 0 Å². The van der Waals surface area contributed by atoms with Gasteiger partial charge in [-0.1, -0.05) is 0 Å². The van der Waals surface area contributed by atoms with Crippen LogP contribution in [0.25, 0.3) is 22.3 Å². The number of hydrogen-bond donors (Lipinski definition) is 0. The average molecular weight is 665 g/mol. The summed E-state index contributed by atoms with van der Waals surface area (Å²) < 4.78 is 4.04. The SMILES string of the molecule is CC1=CC(C)(C)c2cc3c(cc21)-c1cc2c(cc1[CH]3[Zr+2]([C]1=CC(C(C)(C)C)=CC1C)=[C](C)C)C(C)(C)C=C2C.[Cl-].[Cl-]. The van der Waals surface area contributed by atoms with Crippen molar-refractivity contribution in [2.75, 3.05) is 0 Å². The third-order valence-electron chi connectivity index (χ3n) is 9.92. The first-order valence-electron chi connectivity index (χ1n) is 14.9. The first-order valence-corrected chi connectivity index (χ1v) is 18.8. The Bertz CT molecular complexity index is 1540. The van der Waals surface area contributed by atoms with E-state index in [1.165, 1.54) is 50.1 Å². The fourth-order valence-corrected chi connectivity index (χ4v) is 16.5. The summed E-state index contributed by atoms with van der Waals surface area (Å²) in [6, 6.07) is 10.5. The van der Waals surface area contributed by atoms with E-state index < -0.39 is 21.3 Å². The van der Waals surface area contributed by atoms with Gasteiger partial charge in [0.25, 0.3) is 0 Å². The third-order valence-corrected chi connectivity index (χ3v) is 18.5. The molecule has 1 atom stereocenters. The number of hydrogen-bond acceptors (Lipinski definition) is 0. The minimum absolute atomic E-state index is 0. The summed E-state index contributed by atoms with van der Waals surface area (Å²) in [5.74, 6) is 0.542. The van der Waals surface area contributed by atoms with E-state index in [4.69, 9.17) is 0 Å². The molecule has 0 aromatic heterocycles. The van der Waals surface area contributed by atoms with Gasteiger partial charge in [0.1, 0.15) is 0 Å². The van der Waals surface area contributed by atoms with Crippen LogP contribution in [0.5, 0.6) is 0 Å². The van der Waals surface area contributed by atoms with E-state index >= 15 is 0 Å². The Morgan fingerprint density at radius 1 is 0.732 bits per heavy atom. The molecule has 3 heteroatoms. The Hall–Kier alpha value is -1.27. The summed E-state index contributed by atoms with van der Waals surface area (Å²) in [6.07, 6.45) is 10.2. The van der Waals surface area contributed by atoms with Crippen molar-refractivity contribution in [3.05, 3.63) is 90.8 Å². The Balaban J connectivity index is 0.00000194. The topological polar surface area (TPSA) is 0 Å². The van der Waals surface area contributed by atoms with Crippen LogP contribution in [0, 0.1) is 11.3 Å². The van der Waals surface area contributed by atoms with Crippen molar-refractivity contribution in [3.8, 4) is 11.1 Å². The summed E-state index contributed by atoms with van der Waals surface area (Å²) in [6.45, 7) is 28.7. The van der Waals surface area contributed by atoms with Gasteiger partial charge < -0.3 is 24.8 Å². The number of fused-ring (bicyclic) bond motifs is 5. The molecule has 4 aliphatic carbocycles. The van der Waals surface area contributed by atoms with Crippen LogP contribution >= 0.6 is 0 Å². The van der Waals surface area contributed by atoms with Crippen molar-refractivity contribution in [2.45, 2.75) is 97.5 Å². The van der Waals surface area contributed by atoms with Crippen molar-refractivity contribution in [2.24, 2.45) is 11.3 Å². The fourth-order valence-electron chi connectivity index (χ4n) is 8.01. The van der Waals surface area contributed by atoms with E-state index in [9.17, 15) is 0 Å². The second-order valence-corrected chi connectivity index (χ2v) is 22.5. The molecule has 0 aliphatic heterocycles. The van der Waals surface area contributed by atoms with Gasteiger partial charge >= 0.3 is 246 Å². The quantitative estimate of drug-likeness (QED) is 0.444. The molecule has 216 valence electrons. The van der Waals surface area contributed by atoms with Crippen LogP contribution in [0.1, 0.15) is 120 Å². The van der Waals surface area contributed by atoms with Gasteiger partial charge in [-0.2, -0.15) is 0 Å². The average Bonchev–Trinajstić information content (AvgIpc) is 3.47. The number of rotatable bonds is 2. The number of benzene rings is 2. The van der Waals surface area contributed by atoms with Crippen LogP contribution in [-0.2, 0) is 32.1 Å². The molecule has 0 N–H and O–H groups in total. The largest absolute Gasteiger partial charge is 1.00 e. The maximum absolute atomic E-state index is 2.66. The molecule has 0 heterocycles. The fraction of sp³-hybridized carbons (Fsp3) is 0.447. The second kappa shape index (κ2) is 10.4. The van der Waals surface area contributed by atoms with Crippen molar-refractivity contribution in [1.29, 1.82) is 0 Å². The molecule has 0 bridgehead atoms. The standard InChI is InChI=1S/C25H25.C10H15.C3H6.2ClH.Zr/c1-14-12-24(3,4)22-8-16-7-17-9-23-19(15(2)13-25(23,5)6)11-21(17)20(16)10-18(14)22;1-8-5-6-9(7-8)10(2,3)4;1-3-2;;;/h7-13H,1-6H3;6-8H,1-4H3;1-2H3;2*1H;/q;;;;;+2/p-2. The molecule has 4 aliphatic rings. The van der Waals surface area contributed by atoms with Gasteiger partial charge in [0.05, 0.1) is 0 Å². The minimum Gasteiger partial charge on any atom is -1.00 e. The molecule has 2 aromatic carbocycles. The van der Waals surface area contributed by atoms with Crippen LogP contribution < -0.4 is 24.8 Å². The van der Waals surface area contributed by atoms with E-state index in [2.05, 4.69) is 132 Å². The Kier molecular flexibility index (Phi) is 8.30. The molecule has 0 amide bonds. The van der Waals surface area contributed by atoms with Gasteiger partial charge in [-0.3, -0.25) is 0 Å². The predicted octanol–water partition coefficient (Wildman–Crippen LogP) is 4.49. The molecule has 0 radical (unpaired) electrons. The van der Waals surface area contributed by atoms with Gasteiger partial charge in [0.2, 0.25) is 0 Å². The summed E-state index contributed by atoms with van der Waals surface area (Å²) >= 11 is -2.33. The van der Waals surface area contributed by atoms with Gasteiger partial charge in [-0.25, -0.2) is 0 Å². The molecule has 2 aromatic rings. The van der Waals surface area contributed by atoms with Crippen molar-refractivity contribution in [3.63, 3.8) is 0 Å². The minimum atomic E-state index is -2.33. The first kappa shape index (κ1) is 32.6. The van der Waals surface area contributed by atoms with E-state index in [0.717, 1.165) is 0 Å². The molecule has 0 nitrogen and oxygen atoms in total. The van der Waals surface area contributed by atoms with Crippen molar-refractivity contribution in [1.82, 2.24) is 0 Å². The van der Waals surface area contributed by atoms with E-state index in [1.54, 1.807) is 17.6 Å². The molecular formula is C38H46Cl2Zr. The molecule has 0 spiro atoms. The van der Waals surface area contributed by atoms with Gasteiger partial charge in [0.15, 0.2) is 0 Å². The monoisotopic (exact) mass is 662 g/mol. The zero-order chi connectivity index (χ0) is 28.4. The molecule has 41 heavy (non-hydrogen) atoms. The van der Waals surface area contributed by atoms with E-state index in [0.29, 0.717) is 9.54 Å². The Labute approximate surface area is 269 Å². The molecule has 0 saturated heterocycles. The smallest absolute Gasteiger partial charge is 1.00 e. The molecule has 0 fully saturated rings. The van der Waals surface area contributed by atoms with Crippen LogP contribution in [0.2, 0.25) is 0 Å². The van der Waals surface area contributed by atoms with Gasteiger partial charge in [-0.05, 0) is 0 Å². The maximum Gasteiger partial charge on any atom is -1.00 e. The first-order chi connectivity index (χ1) is 18.0. The molecule has 6 rings (SSSR count). The van der Waals surface area contributed by atoms with E-state index in [-0.39, 0.29) is 41.1 Å². The summed E-state index contributed by atoms with van der Waals surface area (Å²) in [5.41, 5.74) is 17.0. The molecule has 0 saturated carbocycles. The number of halogens is 2. The van der Waals surface area contributed by atoms with Gasteiger partial charge in [0, 0.05) is 0 Å². The third kappa shape index (κ3) is 4.95. The van der Waals surface area contributed by atoms with Crippen LogP contribution in [-0.4, -0.2) is 3.21 Å². The second-order valence-electron chi connectivity index (χ2n) is 15.2. The van der Waals surface area contributed by atoms with Crippen molar-refractivity contribution >= 4 is 14.4 Å². The summed E-state index contributed by atoms with van der Waals surface area (Å²) in [7, 11) is 0. The molecular weight excluding hydrogens is 619 g/mol. The van der Waals surface area contributed by atoms with Crippen LogP contribution in [0.3, 0.4) is 0 Å². The zero-order valence-corrected chi connectivity index (χ0v) is 31.0. The maximum atomic E-state index is 2.66. The Morgan fingerprint density at radius 2 is 1.17 bits per heavy atom. The summed E-state index contributed by atoms with van der Waals surface area (Å²) in [4.78, 5) is 0.